The van der Waals surface area contributed by atoms with Crippen molar-refractivity contribution >= 4 is 23.2 Å². The fraction of sp³-hybridized carbons (Fsp3) is 0.235. The number of carbonyl (C=O) groups is 1. The smallest absolute Gasteiger partial charge is 0.265 e. The van der Waals surface area contributed by atoms with E-state index in [2.05, 4.69) is 0 Å². The molecule has 2 aromatic rings. The minimum absolute atomic E-state index is 0.0275. The molecule has 1 aliphatic heterocycles. The standard InChI is InChI=1S/C17H16ClNO3/c1-12-10-22-16-5-3-2-4-15(16)19(12)17(20)11-21-14-8-6-13(18)7-9-14/h2-9,12H,10-11H2,1H3. The van der Waals surface area contributed by atoms with Gasteiger partial charge in [-0.05, 0) is 43.3 Å². The first kappa shape index (κ1) is 14.7. The fourth-order valence-corrected chi connectivity index (χ4v) is 2.55. The predicted octanol–water partition coefficient (Wildman–Crippen LogP) is 3.53. The number of fused-ring (bicyclic) bond motifs is 1. The van der Waals surface area contributed by atoms with Crippen LogP contribution in [0.15, 0.2) is 48.5 Å². The largest absolute Gasteiger partial charge is 0.489 e. The number of anilines is 1. The van der Waals surface area contributed by atoms with E-state index in [4.69, 9.17) is 21.1 Å². The van der Waals surface area contributed by atoms with Crippen LogP contribution in [0.4, 0.5) is 5.69 Å². The molecule has 5 heteroatoms. The molecule has 0 saturated carbocycles. The third kappa shape index (κ3) is 3.02. The molecule has 0 bridgehead atoms. The molecule has 2 aromatic carbocycles. The Labute approximate surface area is 134 Å². The maximum Gasteiger partial charge on any atom is 0.265 e. The summed E-state index contributed by atoms with van der Waals surface area (Å²) in [7, 11) is 0. The van der Waals surface area contributed by atoms with Crippen molar-refractivity contribution in [1.82, 2.24) is 0 Å². The van der Waals surface area contributed by atoms with Crippen LogP contribution in [0.25, 0.3) is 0 Å². The highest BCUT2D eigenvalue weighted by Gasteiger charge is 2.29. The molecule has 0 aliphatic carbocycles. The molecule has 0 fully saturated rings. The van der Waals surface area contributed by atoms with Crippen molar-refractivity contribution in [3.05, 3.63) is 53.6 Å². The second-order valence-corrected chi connectivity index (χ2v) is 5.57. The summed E-state index contributed by atoms with van der Waals surface area (Å²) < 4.78 is 11.2. The highest BCUT2D eigenvalue weighted by Crippen LogP contribution is 2.33. The van der Waals surface area contributed by atoms with Crippen LogP contribution in [0.1, 0.15) is 6.92 Å². The number of benzene rings is 2. The Kier molecular flexibility index (Phi) is 4.20. The van der Waals surface area contributed by atoms with Gasteiger partial charge in [-0.2, -0.15) is 0 Å². The summed E-state index contributed by atoms with van der Waals surface area (Å²) in [5, 5.41) is 0.634. The van der Waals surface area contributed by atoms with Gasteiger partial charge in [0.05, 0.1) is 11.7 Å². The zero-order valence-electron chi connectivity index (χ0n) is 12.2. The summed E-state index contributed by atoms with van der Waals surface area (Å²) in [6.07, 6.45) is 0. The van der Waals surface area contributed by atoms with Crippen LogP contribution in [-0.2, 0) is 4.79 Å². The second-order valence-electron chi connectivity index (χ2n) is 5.13. The number of hydrogen-bond donors (Lipinski definition) is 0. The Morgan fingerprint density at radius 3 is 2.77 bits per heavy atom. The van der Waals surface area contributed by atoms with E-state index in [0.717, 1.165) is 11.4 Å². The Morgan fingerprint density at radius 1 is 1.27 bits per heavy atom. The lowest BCUT2D eigenvalue weighted by molar-refractivity contribution is -0.121. The molecule has 22 heavy (non-hydrogen) atoms. The van der Waals surface area contributed by atoms with Crippen molar-refractivity contribution in [3.63, 3.8) is 0 Å². The van der Waals surface area contributed by atoms with Crippen LogP contribution in [0, 0.1) is 0 Å². The maximum atomic E-state index is 12.5. The zero-order valence-corrected chi connectivity index (χ0v) is 12.9. The minimum Gasteiger partial charge on any atom is -0.489 e. The van der Waals surface area contributed by atoms with Crippen molar-refractivity contribution in [2.24, 2.45) is 0 Å². The molecule has 0 radical (unpaired) electrons. The van der Waals surface area contributed by atoms with Crippen molar-refractivity contribution in [2.75, 3.05) is 18.1 Å². The summed E-state index contributed by atoms with van der Waals surface area (Å²) in [4.78, 5) is 14.3. The summed E-state index contributed by atoms with van der Waals surface area (Å²) in [5.41, 5.74) is 0.783. The molecule has 1 unspecified atom stereocenters. The third-order valence-electron chi connectivity index (χ3n) is 3.49. The van der Waals surface area contributed by atoms with Crippen molar-refractivity contribution in [3.8, 4) is 11.5 Å². The van der Waals surface area contributed by atoms with Gasteiger partial charge in [0.1, 0.15) is 18.1 Å². The Hall–Kier alpha value is -2.20. The summed E-state index contributed by atoms with van der Waals surface area (Å²) in [6.45, 7) is 2.40. The Bertz CT molecular complexity index is 672. The first-order chi connectivity index (χ1) is 10.6. The van der Waals surface area contributed by atoms with Crippen LogP contribution in [0.2, 0.25) is 5.02 Å². The van der Waals surface area contributed by atoms with E-state index in [0.29, 0.717) is 17.4 Å². The van der Waals surface area contributed by atoms with Crippen molar-refractivity contribution < 1.29 is 14.3 Å². The second kappa shape index (κ2) is 6.28. The number of halogens is 1. The number of carbonyl (C=O) groups excluding carboxylic acids is 1. The third-order valence-corrected chi connectivity index (χ3v) is 3.74. The Morgan fingerprint density at radius 2 is 2.00 bits per heavy atom. The molecule has 1 aliphatic rings. The summed E-state index contributed by atoms with van der Waals surface area (Å²) in [5.74, 6) is 1.24. The maximum absolute atomic E-state index is 12.5. The quantitative estimate of drug-likeness (QED) is 0.869. The highest BCUT2D eigenvalue weighted by atomic mass is 35.5. The zero-order chi connectivity index (χ0) is 15.5. The first-order valence-electron chi connectivity index (χ1n) is 7.07. The molecule has 4 nitrogen and oxygen atoms in total. The first-order valence-corrected chi connectivity index (χ1v) is 7.45. The monoisotopic (exact) mass is 317 g/mol. The fourth-order valence-electron chi connectivity index (χ4n) is 2.43. The molecule has 0 N–H and O–H groups in total. The SMILES string of the molecule is CC1COc2ccccc2N1C(=O)COc1ccc(Cl)cc1. The van der Waals surface area contributed by atoms with Gasteiger partial charge >= 0.3 is 0 Å². The number of rotatable bonds is 3. The highest BCUT2D eigenvalue weighted by molar-refractivity contribution is 6.30. The number of ether oxygens (including phenoxy) is 2. The average Bonchev–Trinajstić information content (AvgIpc) is 2.54. The van der Waals surface area contributed by atoms with E-state index >= 15 is 0 Å². The number of amides is 1. The van der Waals surface area contributed by atoms with Gasteiger partial charge in [-0.15, -0.1) is 0 Å². The molecule has 114 valence electrons. The van der Waals surface area contributed by atoms with Crippen LogP contribution < -0.4 is 14.4 Å². The topological polar surface area (TPSA) is 38.8 Å². The van der Waals surface area contributed by atoms with Crippen molar-refractivity contribution in [2.45, 2.75) is 13.0 Å². The lowest BCUT2D eigenvalue weighted by atomic mass is 10.1. The molecule has 3 rings (SSSR count). The van der Waals surface area contributed by atoms with Crippen LogP contribution in [-0.4, -0.2) is 25.2 Å². The normalized spacial score (nSPS) is 16.6. The minimum atomic E-state index is -0.0989. The molecule has 1 heterocycles. The molecule has 1 amide bonds. The molecule has 0 saturated heterocycles. The van der Waals surface area contributed by atoms with Crippen LogP contribution in [0.5, 0.6) is 11.5 Å². The summed E-state index contributed by atoms with van der Waals surface area (Å²) in [6, 6.07) is 14.4. The van der Waals surface area contributed by atoms with Gasteiger partial charge in [0.15, 0.2) is 6.61 Å². The van der Waals surface area contributed by atoms with E-state index in [-0.39, 0.29) is 18.6 Å². The molecular formula is C17H16ClNO3. The van der Waals surface area contributed by atoms with E-state index in [9.17, 15) is 4.79 Å². The summed E-state index contributed by atoms with van der Waals surface area (Å²) >= 11 is 5.83. The van der Waals surface area contributed by atoms with Gasteiger partial charge in [0, 0.05) is 5.02 Å². The molecule has 0 aromatic heterocycles. The number of hydrogen-bond acceptors (Lipinski definition) is 3. The molecular weight excluding hydrogens is 302 g/mol. The van der Waals surface area contributed by atoms with Gasteiger partial charge in [0.25, 0.3) is 5.91 Å². The number of para-hydroxylation sites is 2. The number of nitrogens with zero attached hydrogens (tertiary/aromatic N) is 1. The van der Waals surface area contributed by atoms with E-state index in [1.807, 2.05) is 31.2 Å². The molecule has 0 spiro atoms. The van der Waals surface area contributed by atoms with E-state index in [1.165, 1.54) is 0 Å². The Balaban J connectivity index is 1.73. The lowest BCUT2D eigenvalue weighted by Crippen LogP contribution is -2.47. The average molecular weight is 318 g/mol. The van der Waals surface area contributed by atoms with Gasteiger partial charge in [-0.3, -0.25) is 9.69 Å². The van der Waals surface area contributed by atoms with Crippen molar-refractivity contribution in [1.29, 1.82) is 0 Å². The van der Waals surface area contributed by atoms with Gasteiger partial charge in [-0.25, -0.2) is 0 Å². The molecule has 1 atom stereocenters. The van der Waals surface area contributed by atoms with Gasteiger partial charge in [0.2, 0.25) is 0 Å². The van der Waals surface area contributed by atoms with Gasteiger partial charge < -0.3 is 9.47 Å². The lowest BCUT2D eigenvalue weighted by Gasteiger charge is -2.34. The van der Waals surface area contributed by atoms with E-state index < -0.39 is 0 Å². The van der Waals surface area contributed by atoms with E-state index in [1.54, 1.807) is 29.2 Å². The van der Waals surface area contributed by atoms with Crippen LogP contribution >= 0.6 is 11.6 Å². The van der Waals surface area contributed by atoms with Gasteiger partial charge in [-0.1, -0.05) is 23.7 Å². The van der Waals surface area contributed by atoms with Crippen LogP contribution in [0.3, 0.4) is 0 Å². The predicted molar refractivity (Wildman–Crippen MR) is 85.8 cm³/mol.